The van der Waals surface area contributed by atoms with Gasteiger partial charge in [0.2, 0.25) is 0 Å². The quantitative estimate of drug-likeness (QED) is 0.292. The molecule has 0 radical (unpaired) electrons. The van der Waals surface area contributed by atoms with Crippen molar-refractivity contribution >= 4 is 11.8 Å². The predicted molar refractivity (Wildman–Crippen MR) is 43.3 cm³/mol. The van der Waals surface area contributed by atoms with Crippen LogP contribution in [0.5, 0.6) is 0 Å². The van der Waals surface area contributed by atoms with Crippen molar-refractivity contribution in [3.8, 4) is 0 Å². The Morgan fingerprint density at radius 2 is 2.31 bits per heavy atom. The molecule has 1 unspecified atom stereocenters. The maximum Gasteiger partial charge on any atom is 1.00 e. The Bertz CT molecular complexity index is 203. The first-order valence-electron chi connectivity index (χ1n) is 4.24. The van der Waals surface area contributed by atoms with Crippen LogP contribution in [0.4, 0.5) is 0 Å². The van der Waals surface area contributed by atoms with E-state index in [1.54, 1.807) is 6.92 Å². The summed E-state index contributed by atoms with van der Waals surface area (Å²) in [5.74, 6) is -0.103. The van der Waals surface area contributed by atoms with Crippen molar-refractivity contribution in [2.75, 3.05) is 6.61 Å². The van der Waals surface area contributed by atoms with Crippen LogP contribution in [0, 0.1) is 11.8 Å². The molecule has 0 aromatic heterocycles. The van der Waals surface area contributed by atoms with Crippen molar-refractivity contribution in [2.45, 2.75) is 26.7 Å². The summed E-state index contributed by atoms with van der Waals surface area (Å²) in [6, 6.07) is 0. The number of hydrogen-bond acceptors (Lipinski definition) is 3. The Kier molecular flexibility index (Phi) is 5.68. The van der Waals surface area contributed by atoms with Gasteiger partial charge in [0.25, 0.3) is 0 Å². The molecule has 0 saturated heterocycles. The zero-order valence-electron chi connectivity index (χ0n) is 8.42. The van der Waals surface area contributed by atoms with Gasteiger partial charge in [-0.05, 0) is 12.8 Å². The first kappa shape index (κ1) is 13.0. The molecular weight excluding hydrogens is 179 g/mol. The van der Waals surface area contributed by atoms with E-state index >= 15 is 0 Å². The molecule has 0 heterocycles. The average Bonchev–Trinajstić information content (AvgIpc) is 2.34. The third kappa shape index (κ3) is 3.01. The van der Waals surface area contributed by atoms with Crippen LogP contribution in [0.15, 0.2) is 0 Å². The summed E-state index contributed by atoms with van der Waals surface area (Å²) >= 11 is 0. The van der Waals surface area contributed by atoms with Gasteiger partial charge in [0.1, 0.15) is 0 Å². The number of esters is 1. The second-order valence-corrected chi connectivity index (χ2v) is 3.00. The van der Waals surface area contributed by atoms with Crippen molar-refractivity contribution in [1.82, 2.24) is 0 Å². The van der Waals surface area contributed by atoms with Crippen molar-refractivity contribution in [1.29, 1.82) is 0 Å². The Balaban J connectivity index is 0.00000144. The number of ketones is 1. The average molecular weight is 192 g/mol. The molecule has 0 amide bonds. The summed E-state index contributed by atoms with van der Waals surface area (Å²) in [5.41, 5.74) is 0. The molecule has 0 N–H and O–H groups in total. The Labute approximate surface area is 101 Å². The van der Waals surface area contributed by atoms with Crippen LogP contribution in [-0.4, -0.2) is 18.4 Å². The van der Waals surface area contributed by atoms with E-state index in [1.165, 1.54) is 0 Å². The monoisotopic (exact) mass is 192 g/mol. The van der Waals surface area contributed by atoms with Gasteiger partial charge >= 0.3 is 29.6 Å². The first-order chi connectivity index (χ1) is 5.66. The summed E-state index contributed by atoms with van der Waals surface area (Å²) in [4.78, 5) is 22.4. The SMILES string of the molecule is CCOC(=O)[C-]1CCC(C)C1=O.[Na+]. The molecule has 0 bridgehead atoms. The second kappa shape index (κ2) is 5.68. The van der Waals surface area contributed by atoms with Gasteiger partial charge in [-0.1, -0.05) is 13.3 Å². The normalized spacial score (nSPS) is 21.2. The molecule has 1 fully saturated rings. The summed E-state index contributed by atoms with van der Waals surface area (Å²) < 4.78 is 4.75. The number of carbonyl (C=O) groups is 2. The minimum Gasteiger partial charge on any atom is -0.488 e. The van der Waals surface area contributed by atoms with E-state index in [-0.39, 0.29) is 41.3 Å². The number of Topliss-reactive ketones (excluding diaryl/α,β-unsaturated/α-hetero) is 1. The maximum atomic E-state index is 11.3. The maximum absolute atomic E-state index is 11.3. The van der Waals surface area contributed by atoms with Crippen molar-refractivity contribution in [3.63, 3.8) is 0 Å². The number of rotatable bonds is 2. The molecule has 3 nitrogen and oxygen atoms in total. The van der Waals surface area contributed by atoms with Gasteiger partial charge < -0.3 is 9.53 Å². The third-order valence-corrected chi connectivity index (χ3v) is 2.09. The summed E-state index contributed by atoms with van der Waals surface area (Å²) in [7, 11) is 0. The molecule has 0 aromatic rings. The van der Waals surface area contributed by atoms with Crippen molar-refractivity contribution < 1.29 is 43.9 Å². The molecule has 0 aliphatic heterocycles. The van der Waals surface area contributed by atoms with E-state index in [9.17, 15) is 9.59 Å². The number of carbonyl (C=O) groups excluding carboxylic acids is 2. The molecule has 1 rings (SSSR count). The van der Waals surface area contributed by atoms with Crippen LogP contribution in [0.2, 0.25) is 0 Å². The fraction of sp³-hybridized carbons (Fsp3) is 0.667. The Morgan fingerprint density at radius 1 is 1.69 bits per heavy atom. The molecule has 0 aromatic carbocycles. The number of hydrogen-bond donors (Lipinski definition) is 0. The topological polar surface area (TPSA) is 43.4 Å². The number of ether oxygens (including phenoxy) is 1. The van der Waals surface area contributed by atoms with Crippen LogP contribution >= 0.6 is 0 Å². The molecule has 68 valence electrons. The first-order valence-corrected chi connectivity index (χ1v) is 4.24. The molecule has 13 heavy (non-hydrogen) atoms. The largest absolute Gasteiger partial charge is 1.00 e. The van der Waals surface area contributed by atoms with Gasteiger partial charge in [-0.2, -0.15) is 0 Å². The van der Waals surface area contributed by atoms with E-state index in [2.05, 4.69) is 0 Å². The van der Waals surface area contributed by atoms with E-state index in [0.717, 1.165) is 6.42 Å². The van der Waals surface area contributed by atoms with Gasteiger partial charge in [0.15, 0.2) is 5.97 Å². The fourth-order valence-electron chi connectivity index (χ4n) is 1.33. The smallest absolute Gasteiger partial charge is 0.488 e. The van der Waals surface area contributed by atoms with E-state index in [1.807, 2.05) is 6.92 Å². The van der Waals surface area contributed by atoms with Gasteiger partial charge in [-0.3, -0.25) is 4.79 Å². The van der Waals surface area contributed by atoms with Gasteiger partial charge in [0.05, 0.1) is 6.61 Å². The zero-order chi connectivity index (χ0) is 9.14. The van der Waals surface area contributed by atoms with Gasteiger partial charge in [-0.25, -0.2) is 5.92 Å². The van der Waals surface area contributed by atoms with Crippen molar-refractivity contribution in [2.24, 2.45) is 5.92 Å². The fourth-order valence-corrected chi connectivity index (χ4v) is 1.33. The predicted octanol–water partition coefficient (Wildman–Crippen LogP) is -1.87. The summed E-state index contributed by atoms with van der Waals surface area (Å²) in [6.45, 7) is 3.92. The minimum absolute atomic E-state index is 0. The van der Waals surface area contributed by atoms with Crippen LogP contribution in [0.3, 0.4) is 0 Å². The van der Waals surface area contributed by atoms with Crippen LogP contribution in [0.25, 0.3) is 0 Å². The molecule has 4 heteroatoms. The van der Waals surface area contributed by atoms with Gasteiger partial charge in [0, 0.05) is 5.78 Å². The minimum atomic E-state index is -0.424. The summed E-state index contributed by atoms with van der Waals surface area (Å²) in [5, 5.41) is 0. The second-order valence-electron chi connectivity index (χ2n) is 3.00. The Morgan fingerprint density at radius 3 is 2.69 bits per heavy atom. The molecular formula is C9H13NaO3. The zero-order valence-corrected chi connectivity index (χ0v) is 10.4. The Hall–Kier alpha value is 0.0100. The van der Waals surface area contributed by atoms with E-state index < -0.39 is 5.97 Å². The molecule has 1 aliphatic rings. The molecule has 0 spiro atoms. The molecule has 1 aliphatic carbocycles. The standard InChI is InChI=1S/C9H13O3.Na/c1-3-12-9(11)7-5-4-6(2)8(7)10;/h6H,3-5H2,1-2H3;/q-1;+1. The van der Waals surface area contributed by atoms with E-state index in [4.69, 9.17) is 4.74 Å². The molecule has 1 atom stereocenters. The van der Waals surface area contributed by atoms with Crippen LogP contribution < -0.4 is 29.6 Å². The third-order valence-electron chi connectivity index (χ3n) is 2.09. The van der Waals surface area contributed by atoms with Gasteiger partial charge in [-0.15, -0.1) is 6.42 Å². The van der Waals surface area contributed by atoms with E-state index in [0.29, 0.717) is 18.9 Å². The summed E-state index contributed by atoms with van der Waals surface area (Å²) in [6.07, 6.45) is 1.37. The van der Waals surface area contributed by atoms with Crippen LogP contribution in [-0.2, 0) is 14.3 Å². The van der Waals surface area contributed by atoms with Crippen LogP contribution in [0.1, 0.15) is 26.7 Å². The van der Waals surface area contributed by atoms with Crippen molar-refractivity contribution in [3.05, 3.63) is 5.92 Å². The molecule has 1 saturated carbocycles.